The fourth-order valence-corrected chi connectivity index (χ4v) is 4.42. The second-order valence-corrected chi connectivity index (χ2v) is 7.41. The van der Waals surface area contributed by atoms with Crippen LogP contribution in [0.1, 0.15) is 12.8 Å². The average molecular weight is 360 g/mol. The fourth-order valence-electron chi connectivity index (χ4n) is 2.21. The first kappa shape index (κ1) is 18.0. The van der Waals surface area contributed by atoms with Crippen LogP contribution < -0.4 is 5.73 Å². The van der Waals surface area contributed by atoms with E-state index in [0.29, 0.717) is 30.6 Å². The van der Waals surface area contributed by atoms with Crippen molar-refractivity contribution in [3.63, 3.8) is 0 Å². The van der Waals surface area contributed by atoms with E-state index in [9.17, 15) is 8.42 Å². The smallest absolute Gasteiger partial charge is 0.244 e. The lowest BCUT2D eigenvalue weighted by molar-refractivity contribution is 0.278. The highest BCUT2D eigenvalue weighted by Crippen LogP contribution is 2.29. The SMILES string of the molecule is Cl.NCC1CCN(S(=O)(=O)c2ccc(Cl)cc2Cl)CC1. The standard InChI is InChI=1S/C12H16Cl2N2O2S.ClH/c13-10-1-2-12(11(14)7-10)19(17,18)16-5-3-9(8-15)4-6-16;/h1-2,7,9H,3-6,8,15H2;1H. The van der Waals surface area contributed by atoms with Crippen LogP contribution in [0.15, 0.2) is 23.1 Å². The van der Waals surface area contributed by atoms with Gasteiger partial charge < -0.3 is 5.73 Å². The molecule has 114 valence electrons. The second-order valence-electron chi connectivity index (χ2n) is 4.66. The third-order valence-electron chi connectivity index (χ3n) is 3.42. The van der Waals surface area contributed by atoms with Crippen molar-refractivity contribution in [2.24, 2.45) is 11.7 Å². The van der Waals surface area contributed by atoms with E-state index in [0.717, 1.165) is 12.8 Å². The third-order valence-corrected chi connectivity index (χ3v) is 6.04. The van der Waals surface area contributed by atoms with Crippen LogP contribution in [-0.4, -0.2) is 32.4 Å². The zero-order valence-electron chi connectivity index (χ0n) is 10.8. The minimum absolute atomic E-state index is 0. The molecule has 2 N–H and O–H groups in total. The van der Waals surface area contributed by atoms with E-state index in [1.165, 1.54) is 22.5 Å². The molecule has 1 saturated heterocycles. The molecule has 0 bridgehead atoms. The Labute approximate surface area is 135 Å². The first-order chi connectivity index (χ1) is 8.95. The van der Waals surface area contributed by atoms with E-state index in [-0.39, 0.29) is 22.3 Å². The van der Waals surface area contributed by atoms with Crippen molar-refractivity contribution in [2.75, 3.05) is 19.6 Å². The lowest BCUT2D eigenvalue weighted by Crippen LogP contribution is -2.40. The quantitative estimate of drug-likeness (QED) is 0.902. The molecule has 20 heavy (non-hydrogen) atoms. The molecule has 1 aromatic carbocycles. The Bertz CT molecular complexity index is 558. The number of nitrogens with zero attached hydrogens (tertiary/aromatic N) is 1. The van der Waals surface area contributed by atoms with Gasteiger partial charge in [-0.25, -0.2) is 8.42 Å². The molecule has 2 rings (SSSR count). The Hall–Kier alpha value is -0.0400. The summed E-state index contributed by atoms with van der Waals surface area (Å²) in [4.78, 5) is 0.116. The molecule has 0 aliphatic carbocycles. The van der Waals surface area contributed by atoms with Crippen LogP contribution in [0.4, 0.5) is 0 Å². The monoisotopic (exact) mass is 358 g/mol. The first-order valence-electron chi connectivity index (χ1n) is 6.10. The van der Waals surface area contributed by atoms with Gasteiger partial charge >= 0.3 is 0 Å². The van der Waals surface area contributed by atoms with Crippen molar-refractivity contribution < 1.29 is 8.42 Å². The molecule has 1 fully saturated rings. The van der Waals surface area contributed by atoms with Gasteiger partial charge in [0, 0.05) is 18.1 Å². The molecule has 0 radical (unpaired) electrons. The minimum atomic E-state index is -3.54. The van der Waals surface area contributed by atoms with Gasteiger partial charge in [-0.15, -0.1) is 12.4 Å². The Morgan fingerprint density at radius 1 is 1.25 bits per heavy atom. The maximum atomic E-state index is 12.5. The zero-order chi connectivity index (χ0) is 14.0. The van der Waals surface area contributed by atoms with Crippen LogP contribution in [0.2, 0.25) is 10.0 Å². The van der Waals surface area contributed by atoms with Crippen LogP contribution >= 0.6 is 35.6 Å². The van der Waals surface area contributed by atoms with Gasteiger partial charge in [0.2, 0.25) is 10.0 Å². The van der Waals surface area contributed by atoms with E-state index >= 15 is 0 Å². The van der Waals surface area contributed by atoms with Gasteiger partial charge in [-0.1, -0.05) is 23.2 Å². The number of benzene rings is 1. The number of rotatable bonds is 3. The molecule has 1 aromatic rings. The molecule has 1 aliphatic heterocycles. The van der Waals surface area contributed by atoms with Crippen molar-refractivity contribution in [3.8, 4) is 0 Å². The van der Waals surface area contributed by atoms with Gasteiger partial charge in [-0.2, -0.15) is 4.31 Å². The van der Waals surface area contributed by atoms with Gasteiger partial charge in [0.25, 0.3) is 0 Å². The van der Waals surface area contributed by atoms with Crippen molar-refractivity contribution in [1.82, 2.24) is 4.31 Å². The summed E-state index contributed by atoms with van der Waals surface area (Å²) in [6.45, 7) is 1.59. The van der Waals surface area contributed by atoms with Gasteiger partial charge in [0.1, 0.15) is 4.90 Å². The Kier molecular flexibility index (Phi) is 6.57. The van der Waals surface area contributed by atoms with E-state index in [4.69, 9.17) is 28.9 Å². The maximum absolute atomic E-state index is 12.5. The van der Waals surface area contributed by atoms with Crippen molar-refractivity contribution >= 4 is 45.6 Å². The van der Waals surface area contributed by atoms with Crippen LogP contribution in [0, 0.1) is 5.92 Å². The summed E-state index contributed by atoms with van der Waals surface area (Å²) in [6.07, 6.45) is 1.59. The van der Waals surface area contributed by atoms with Gasteiger partial charge in [-0.05, 0) is 43.5 Å². The summed E-state index contributed by atoms with van der Waals surface area (Å²) in [6, 6.07) is 4.44. The number of hydrogen-bond acceptors (Lipinski definition) is 3. The average Bonchev–Trinajstić information content (AvgIpc) is 2.38. The summed E-state index contributed by atoms with van der Waals surface area (Å²) >= 11 is 11.8. The predicted molar refractivity (Wildman–Crippen MR) is 84.2 cm³/mol. The number of nitrogens with two attached hydrogens (primary N) is 1. The highest BCUT2D eigenvalue weighted by Gasteiger charge is 2.30. The lowest BCUT2D eigenvalue weighted by Gasteiger charge is -2.30. The molecule has 1 heterocycles. The van der Waals surface area contributed by atoms with Crippen molar-refractivity contribution in [1.29, 1.82) is 0 Å². The summed E-state index contributed by atoms with van der Waals surface area (Å²) in [5.74, 6) is 0.409. The zero-order valence-corrected chi connectivity index (χ0v) is 13.9. The van der Waals surface area contributed by atoms with E-state index in [1.54, 1.807) is 0 Å². The maximum Gasteiger partial charge on any atom is 0.244 e. The van der Waals surface area contributed by atoms with Crippen molar-refractivity contribution in [3.05, 3.63) is 28.2 Å². The normalized spacial score (nSPS) is 17.8. The number of piperidine rings is 1. The van der Waals surface area contributed by atoms with E-state index in [1.807, 2.05) is 0 Å². The topological polar surface area (TPSA) is 63.4 Å². The van der Waals surface area contributed by atoms with Crippen molar-refractivity contribution in [2.45, 2.75) is 17.7 Å². The van der Waals surface area contributed by atoms with Crippen LogP contribution in [0.3, 0.4) is 0 Å². The largest absolute Gasteiger partial charge is 0.330 e. The summed E-state index contributed by atoms with van der Waals surface area (Å²) in [5.41, 5.74) is 5.61. The molecule has 0 spiro atoms. The third kappa shape index (κ3) is 3.78. The van der Waals surface area contributed by atoms with Crippen LogP contribution in [-0.2, 0) is 10.0 Å². The molecule has 0 amide bonds. The van der Waals surface area contributed by atoms with Gasteiger partial charge in [0.05, 0.1) is 5.02 Å². The van der Waals surface area contributed by atoms with E-state index < -0.39 is 10.0 Å². The Morgan fingerprint density at radius 3 is 2.35 bits per heavy atom. The highest BCUT2D eigenvalue weighted by atomic mass is 35.5. The molecular weight excluding hydrogens is 343 g/mol. The van der Waals surface area contributed by atoms with Crippen LogP contribution in [0.5, 0.6) is 0 Å². The molecule has 0 aromatic heterocycles. The molecule has 0 atom stereocenters. The molecule has 8 heteroatoms. The molecular formula is C12H17Cl3N2O2S. The number of halogens is 3. The lowest BCUT2D eigenvalue weighted by atomic mass is 9.99. The number of sulfonamides is 1. The van der Waals surface area contributed by atoms with Gasteiger partial charge in [-0.3, -0.25) is 0 Å². The van der Waals surface area contributed by atoms with Gasteiger partial charge in [0.15, 0.2) is 0 Å². The summed E-state index contributed by atoms with van der Waals surface area (Å²) < 4.78 is 26.4. The fraction of sp³-hybridized carbons (Fsp3) is 0.500. The highest BCUT2D eigenvalue weighted by molar-refractivity contribution is 7.89. The molecule has 0 unspecified atom stereocenters. The molecule has 0 saturated carbocycles. The summed E-state index contributed by atoms with van der Waals surface area (Å²) in [5, 5.41) is 0.583. The molecule has 4 nitrogen and oxygen atoms in total. The molecule has 1 aliphatic rings. The number of hydrogen-bond donors (Lipinski definition) is 1. The van der Waals surface area contributed by atoms with E-state index in [2.05, 4.69) is 0 Å². The summed E-state index contributed by atoms with van der Waals surface area (Å²) in [7, 11) is -3.54. The first-order valence-corrected chi connectivity index (χ1v) is 8.30. The predicted octanol–water partition coefficient (Wildman–Crippen LogP) is 2.77. The van der Waals surface area contributed by atoms with Crippen LogP contribution in [0.25, 0.3) is 0 Å². The Balaban J connectivity index is 0.00000200. The minimum Gasteiger partial charge on any atom is -0.330 e. The second kappa shape index (κ2) is 7.29. The Morgan fingerprint density at radius 2 is 1.85 bits per heavy atom.